The summed E-state index contributed by atoms with van der Waals surface area (Å²) >= 11 is 0. The third kappa shape index (κ3) is 4.40. The Kier molecular flexibility index (Phi) is 5.63. The fraction of sp³-hybridized carbons (Fsp3) is 0.800. The van der Waals surface area contributed by atoms with Gasteiger partial charge in [-0.25, -0.2) is 0 Å². The Morgan fingerprint density at radius 2 is 1.89 bits per heavy atom. The van der Waals surface area contributed by atoms with Gasteiger partial charge in [-0.15, -0.1) is 0 Å². The van der Waals surface area contributed by atoms with Crippen LogP contribution in [0.3, 0.4) is 0 Å². The molecule has 1 aliphatic rings. The Morgan fingerprint density at radius 3 is 2.37 bits per heavy atom. The standard InChI is InChI=1S/C10H17NO8/c11-4(1-2-6(12)13)9(16)18-3-5-7(14)8(15)10(17)19-5/h4-5,7-8,10,14-15,17H,1-3,11H2,(H,12,13)/t4?,5-,7-,8-,10?/m1/s1. The molecule has 1 heterocycles. The second kappa shape index (κ2) is 6.78. The first kappa shape index (κ1) is 15.8. The molecule has 9 nitrogen and oxygen atoms in total. The summed E-state index contributed by atoms with van der Waals surface area (Å²) in [4.78, 5) is 21.7. The zero-order valence-corrected chi connectivity index (χ0v) is 10.0. The highest BCUT2D eigenvalue weighted by Crippen LogP contribution is 2.19. The molecule has 0 radical (unpaired) electrons. The third-order valence-corrected chi connectivity index (χ3v) is 2.70. The van der Waals surface area contributed by atoms with E-state index in [2.05, 4.69) is 0 Å². The van der Waals surface area contributed by atoms with Crippen LogP contribution in [0.25, 0.3) is 0 Å². The van der Waals surface area contributed by atoms with E-state index < -0.39 is 49.2 Å². The lowest BCUT2D eigenvalue weighted by molar-refractivity contribution is -0.159. The zero-order chi connectivity index (χ0) is 14.6. The number of rotatable bonds is 6. The average molecular weight is 279 g/mol. The van der Waals surface area contributed by atoms with Crippen LogP contribution >= 0.6 is 0 Å². The number of aliphatic hydroxyl groups excluding tert-OH is 3. The molecule has 0 bridgehead atoms. The number of carboxylic acids is 1. The van der Waals surface area contributed by atoms with Crippen molar-refractivity contribution in [2.75, 3.05) is 6.61 Å². The molecule has 0 saturated carbocycles. The fourth-order valence-electron chi connectivity index (χ4n) is 1.53. The molecule has 0 aromatic rings. The topological polar surface area (TPSA) is 160 Å². The minimum Gasteiger partial charge on any atom is -0.481 e. The normalized spacial score (nSPS) is 32.0. The van der Waals surface area contributed by atoms with Crippen LogP contribution in [0.2, 0.25) is 0 Å². The zero-order valence-electron chi connectivity index (χ0n) is 10.0. The van der Waals surface area contributed by atoms with Crippen LogP contribution in [-0.4, -0.2) is 69.6 Å². The van der Waals surface area contributed by atoms with Crippen LogP contribution in [0.15, 0.2) is 0 Å². The quantitative estimate of drug-likeness (QED) is 0.323. The Hall–Kier alpha value is -1.26. The van der Waals surface area contributed by atoms with Gasteiger partial charge in [0.15, 0.2) is 6.29 Å². The molecule has 6 N–H and O–H groups in total. The molecule has 1 fully saturated rings. The maximum Gasteiger partial charge on any atom is 0.323 e. The third-order valence-electron chi connectivity index (χ3n) is 2.70. The van der Waals surface area contributed by atoms with Gasteiger partial charge in [0.2, 0.25) is 0 Å². The summed E-state index contributed by atoms with van der Waals surface area (Å²) in [6.45, 7) is -0.394. The molecular formula is C10H17NO8. The number of carbonyl (C=O) groups excluding carboxylic acids is 1. The predicted molar refractivity (Wildman–Crippen MR) is 58.7 cm³/mol. The summed E-state index contributed by atoms with van der Waals surface area (Å²) in [7, 11) is 0. The van der Waals surface area contributed by atoms with Crippen molar-refractivity contribution in [3.05, 3.63) is 0 Å². The largest absolute Gasteiger partial charge is 0.481 e. The van der Waals surface area contributed by atoms with Crippen LogP contribution in [0.4, 0.5) is 0 Å². The Bertz CT molecular complexity index is 335. The maximum absolute atomic E-state index is 11.4. The maximum atomic E-state index is 11.4. The van der Waals surface area contributed by atoms with Crippen molar-refractivity contribution in [3.8, 4) is 0 Å². The van der Waals surface area contributed by atoms with Gasteiger partial charge in [0.05, 0.1) is 0 Å². The lowest BCUT2D eigenvalue weighted by Crippen LogP contribution is -2.38. The van der Waals surface area contributed by atoms with Gasteiger partial charge < -0.3 is 35.6 Å². The Labute approximate surface area is 108 Å². The van der Waals surface area contributed by atoms with E-state index in [4.69, 9.17) is 25.4 Å². The van der Waals surface area contributed by atoms with Gasteiger partial charge in [0.1, 0.15) is 31.0 Å². The number of carboxylic acid groups (broad SMARTS) is 1. The van der Waals surface area contributed by atoms with Crippen LogP contribution < -0.4 is 5.73 Å². The summed E-state index contributed by atoms with van der Waals surface area (Å²) in [6.07, 6.45) is -5.79. The Morgan fingerprint density at radius 1 is 1.26 bits per heavy atom. The summed E-state index contributed by atoms with van der Waals surface area (Å²) in [5.74, 6) is -1.92. The fourth-order valence-corrected chi connectivity index (χ4v) is 1.53. The molecule has 0 aromatic heterocycles. The van der Waals surface area contributed by atoms with E-state index in [1.54, 1.807) is 0 Å². The smallest absolute Gasteiger partial charge is 0.323 e. The Balaban J connectivity index is 2.32. The highest BCUT2D eigenvalue weighted by molar-refractivity contribution is 5.76. The molecular weight excluding hydrogens is 262 g/mol. The summed E-state index contributed by atoms with van der Waals surface area (Å²) in [5.41, 5.74) is 5.40. The van der Waals surface area contributed by atoms with E-state index in [1.165, 1.54) is 0 Å². The molecule has 110 valence electrons. The highest BCUT2D eigenvalue weighted by Gasteiger charge is 2.42. The first-order valence-corrected chi connectivity index (χ1v) is 5.66. The van der Waals surface area contributed by atoms with Gasteiger partial charge in [-0.2, -0.15) is 0 Å². The number of aliphatic hydroxyl groups is 3. The van der Waals surface area contributed by atoms with Crippen molar-refractivity contribution >= 4 is 11.9 Å². The predicted octanol–water partition coefficient (Wildman–Crippen LogP) is -2.84. The summed E-state index contributed by atoms with van der Waals surface area (Å²) in [6, 6.07) is -1.09. The molecule has 1 aliphatic heterocycles. The molecule has 5 atom stereocenters. The highest BCUT2D eigenvalue weighted by atomic mass is 16.7. The number of hydrogen-bond acceptors (Lipinski definition) is 8. The van der Waals surface area contributed by atoms with Gasteiger partial charge in [-0.1, -0.05) is 0 Å². The number of aliphatic carboxylic acids is 1. The molecule has 9 heteroatoms. The van der Waals surface area contributed by atoms with E-state index in [9.17, 15) is 19.8 Å². The minimum atomic E-state index is -1.54. The second-order valence-electron chi connectivity index (χ2n) is 4.22. The molecule has 0 spiro atoms. The number of hydrogen-bond donors (Lipinski definition) is 5. The van der Waals surface area contributed by atoms with Gasteiger partial charge in [-0.3, -0.25) is 9.59 Å². The summed E-state index contributed by atoms with van der Waals surface area (Å²) < 4.78 is 9.48. The van der Waals surface area contributed by atoms with Crippen molar-refractivity contribution in [2.24, 2.45) is 5.73 Å². The van der Waals surface area contributed by atoms with Crippen LogP contribution in [0.5, 0.6) is 0 Å². The molecule has 0 aliphatic carbocycles. The van der Waals surface area contributed by atoms with Crippen molar-refractivity contribution in [1.82, 2.24) is 0 Å². The van der Waals surface area contributed by atoms with Crippen molar-refractivity contribution in [1.29, 1.82) is 0 Å². The number of carbonyl (C=O) groups is 2. The molecule has 19 heavy (non-hydrogen) atoms. The van der Waals surface area contributed by atoms with Gasteiger partial charge in [0.25, 0.3) is 0 Å². The minimum absolute atomic E-state index is 0.0759. The van der Waals surface area contributed by atoms with E-state index in [0.29, 0.717) is 0 Å². The van der Waals surface area contributed by atoms with Crippen LogP contribution in [0, 0.1) is 0 Å². The monoisotopic (exact) mass is 279 g/mol. The van der Waals surface area contributed by atoms with Gasteiger partial charge in [0, 0.05) is 6.42 Å². The molecule has 1 rings (SSSR count). The van der Waals surface area contributed by atoms with Crippen molar-refractivity contribution in [3.63, 3.8) is 0 Å². The van der Waals surface area contributed by atoms with E-state index in [0.717, 1.165) is 0 Å². The molecule has 0 aromatic carbocycles. The number of nitrogens with two attached hydrogens (primary N) is 1. The summed E-state index contributed by atoms with van der Waals surface area (Å²) in [5, 5.41) is 36.1. The van der Waals surface area contributed by atoms with E-state index in [1.807, 2.05) is 0 Å². The number of esters is 1. The lowest BCUT2D eigenvalue weighted by Gasteiger charge is -2.16. The van der Waals surface area contributed by atoms with Crippen LogP contribution in [-0.2, 0) is 19.1 Å². The molecule has 1 saturated heterocycles. The average Bonchev–Trinajstić information content (AvgIpc) is 2.60. The van der Waals surface area contributed by atoms with E-state index in [-0.39, 0.29) is 12.8 Å². The number of ether oxygens (including phenoxy) is 2. The SMILES string of the molecule is NC(CCC(=O)O)C(=O)OC[C@H]1OC(O)[C@H](O)[C@@H]1O. The van der Waals surface area contributed by atoms with Crippen molar-refractivity contribution in [2.45, 2.75) is 43.5 Å². The lowest BCUT2D eigenvalue weighted by atomic mass is 10.1. The van der Waals surface area contributed by atoms with Gasteiger partial charge >= 0.3 is 11.9 Å². The molecule has 2 unspecified atom stereocenters. The molecule has 0 amide bonds. The first-order valence-electron chi connectivity index (χ1n) is 5.66. The van der Waals surface area contributed by atoms with Crippen LogP contribution in [0.1, 0.15) is 12.8 Å². The van der Waals surface area contributed by atoms with Gasteiger partial charge in [-0.05, 0) is 6.42 Å². The van der Waals surface area contributed by atoms with E-state index >= 15 is 0 Å². The second-order valence-corrected chi connectivity index (χ2v) is 4.22. The first-order chi connectivity index (χ1) is 8.82. The van der Waals surface area contributed by atoms with Crippen molar-refractivity contribution < 1.29 is 39.5 Å².